The number of anilines is 1. The Kier molecular flexibility index (Phi) is 6.27. The molecule has 1 aromatic heterocycles. The van der Waals surface area contributed by atoms with Crippen LogP contribution in [0.2, 0.25) is 0 Å². The van der Waals surface area contributed by atoms with Crippen molar-refractivity contribution in [1.29, 1.82) is 5.26 Å². The molecule has 1 aromatic carbocycles. The van der Waals surface area contributed by atoms with Crippen LogP contribution in [0.15, 0.2) is 36.0 Å². The van der Waals surface area contributed by atoms with Gasteiger partial charge in [0, 0.05) is 23.1 Å². The van der Waals surface area contributed by atoms with Crippen LogP contribution in [0.1, 0.15) is 51.7 Å². The summed E-state index contributed by atoms with van der Waals surface area (Å²) < 4.78 is 0. The van der Waals surface area contributed by atoms with Crippen molar-refractivity contribution >= 4 is 28.0 Å². The van der Waals surface area contributed by atoms with Gasteiger partial charge in [-0.15, -0.1) is 11.3 Å². The second-order valence-corrected chi connectivity index (χ2v) is 7.90. The van der Waals surface area contributed by atoms with E-state index in [0.717, 1.165) is 36.8 Å². The number of nitrogens with one attached hydrogen (secondary N) is 2. The van der Waals surface area contributed by atoms with Gasteiger partial charge in [-0.2, -0.15) is 5.26 Å². The zero-order valence-electron chi connectivity index (χ0n) is 16.1. The first-order chi connectivity index (χ1) is 13.5. The van der Waals surface area contributed by atoms with Crippen LogP contribution in [0.25, 0.3) is 0 Å². The van der Waals surface area contributed by atoms with Gasteiger partial charge in [-0.25, -0.2) is 0 Å². The highest BCUT2D eigenvalue weighted by atomic mass is 32.1. The third-order valence-electron chi connectivity index (χ3n) is 4.72. The second-order valence-electron chi connectivity index (χ2n) is 6.80. The maximum atomic E-state index is 12.7. The Balaban J connectivity index is 1.94. The van der Waals surface area contributed by atoms with E-state index in [4.69, 9.17) is 0 Å². The molecule has 0 saturated heterocycles. The van der Waals surface area contributed by atoms with E-state index < -0.39 is 0 Å². The number of benzene rings is 1. The molecule has 0 saturated carbocycles. The van der Waals surface area contributed by atoms with Crippen molar-refractivity contribution in [1.82, 2.24) is 5.32 Å². The number of allylic oxidation sites excluding steroid dienone is 1. The standard InChI is InChI=1S/C22H23N3O2S/c1-3-24-21(27)18(12-19(26)15-10-8-14(2)9-11-15)25-22-17(13-23)16-6-4-5-7-20(16)28-22/h8-12,25H,3-7H2,1-2H3,(H,24,27). The third kappa shape index (κ3) is 4.32. The molecular weight excluding hydrogens is 370 g/mol. The fraction of sp³-hybridized carbons (Fsp3) is 0.318. The molecule has 1 heterocycles. The van der Waals surface area contributed by atoms with Crippen molar-refractivity contribution < 1.29 is 9.59 Å². The third-order valence-corrected chi connectivity index (χ3v) is 5.93. The van der Waals surface area contributed by atoms with Crippen molar-refractivity contribution in [2.75, 3.05) is 11.9 Å². The summed E-state index contributed by atoms with van der Waals surface area (Å²) in [6, 6.07) is 9.49. The normalized spacial score (nSPS) is 13.4. The monoisotopic (exact) mass is 393 g/mol. The molecule has 144 valence electrons. The molecule has 2 aromatic rings. The van der Waals surface area contributed by atoms with Crippen LogP contribution in [0, 0.1) is 18.3 Å². The van der Waals surface area contributed by atoms with Gasteiger partial charge in [0.25, 0.3) is 5.91 Å². The quantitative estimate of drug-likeness (QED) is 0.571. The van der Waals surface area contributed by atoms with Gasteiger partial charge in [0.05, 0.1) is 5.56 Å². The Labute approximate surface area is 169 Å². The Morgan fingerprint density at radius 2 is 1.93 bits per heavy atom. The number of ketones is 1. The summed E-state index contributed by atoms with van der Waals surface area (Å²) in [6.45, 7) is 4.22. The first kappa shape index (κ1) is 19.8. The highest BCUT2D eigenvalue weighted by Crippen LogP contribution is 2.38. The fourth-order valence-corrected chi connectivity index (χ4v) is 4.49. The van der Waals surface area contributed by atoms with Gasteiger partial charge in [0.15, 0.2) is 5.78 Å². The molecule has 3 rings (SSSR count). The van der Waals surface area contributed by atoms with Crippen LogP contribution in [0.5, 0.6) is 0 Å². The number of carbonyl (C=O) groups is 2. The van der Waals surface area contributed by atoms with E-state index in [9.17, 15) is 14.9 Å². The lowest BCUT2D eigenvalue weighted by Gasteiger charge is -2.10. The minimum atomic E-state index is -0.363. The largest absolute Gasteiger partial charge is 0.351 e. The topological polar surface area (TPSA) is 82.0 Å². The van der Waals surface area contributed by atoms with Crippen LogP contribution < -0.4 is 10.6 Å². The molecule has 0 radical (unpaired) electrons. The van der Waals surface area contributed by atoms with Crippen molar-refractivity contribution in [3.8, 4) is 6.07 Å². The van der Waals surface area contributed by atoms with Crippen LogP contribution in [0.4, 0.5) is 5.00 Å². The molecule has 0 spiro atoms. The van der Waals surface area contributed by atoms with Gasteiger partial charge in [-0.1, -0.05) is 29.8 Å². The average molecular weight is 394 g/mol. The first-order valence-corrected chi connectivity index (χ1v) is 10.3. The van der Waals surface area contributed by atoms with E-state index >= 15 is 0 Å². The Morgan fingerprint density at radius 1 is 1.21 bits per heavy atom. The summed E-state index contributed by atoms with van der Waals surface area (Å²) in [5, 5.41) is 16.1. The zero-order chi connectivity index (χ0) is 20.1. The van der Waals surface area contributed by atoms with E-state index in [1.165, 1.54) is 22.3 Å². The molecule has 0 fully saturated rings. The lowest BCUT2D eigenvalue weighted by molar-refractivity contribution is -0.117. The number of likely N-dealkylation sites (N-methyl/N-ethyl adjacent to an activating group) is 1. The molecule has 0 bridgehead atoms. The Bertz CT molecular complexity index is 965. The Morgan fingerprint density at radius 3 is 2.61 bits per heavy atom. The van der Waals surface area contributed by atoms with Crippen LogP contribution in [-0.4, -0.2) is 18.2 Å². The number of aryl methyl sites for hydroxylation is 2. The summed E-state index contributed by atoms with van der Waals surface area (Å²) >= 11 is 1.51. The molecular formula is C22H23N3O2S. The lowest BCUT2D eigenvalue weighted by Crippen LogP contribution is -2.28. The number of rotatable bonds is 6. The molecule has 28 heavy (non-hydrogen) atoms. The predicted octanol–water partition coefficient (Wildman–Crippen LogP) is 4.12. The van der Waals surface area contributed by atoms with Crippen LogP contribution in [-0.2, 0) is 17.6 Å². The van der Waals surface area contributed by atoms with Crippen molar-refractivity contribution in [2.24, 2.45) is 0 Å². The number of nitrogens with zero attached hydrogens (tertiary/aromatic N) is 1. The van der Waals surface area contributed by atoms with Gasteiger partial charge >= 0.3 is 0 Å². The van der Waals surface area contributed by atoms with Crippen LogP contribution in [0.3, 0.4) is 0 Å². The molecule has 6 heteroatoms. The van der Waals surface area contributed by atoms with Crippen molar-refractivity contribution in [2.45, 2.75) is 39.5 Å². The number of nitriles is 1. The molecule has 0 atom stereocenters. The maximum Gasteiger partial charge on any atom is 0.267 e. The second kappa shape index (κ2) is 8.85. The average Bonchev–Trinajstić information content (AvgIpc) is 3.05. The molecule has 1 aliphatic rings. The summed E-state index contributed by atoms with van der Waals surface area (Å²) in [5.41, 5.74) is 3.41. The molecule has 0 aliphatic heterocycles. The zero-order valence-corrected chi connectivity index (χ0v) is 16.9. The minimum Gasteiger partial charge on any atom is -0.351 e. The SMILES string of the molecule is CCNC(=O)C(=CC(=O)c1ccc(C)cc1)Nc1sc2c(c1C#N)CCCC2. The molecule has 0 unspecified atom stereocenters. The Hall–Kier alpha value is -2.91. The first-order valence-electron chi connectivity index (χ1n) is 9.46. The summed E-state index contributed by atoms with van der Waals surface area (Å²) in [7, 11) is 0. The van der Waals surface area contributed by atoms with Gasteiger partial charge < -0.3 is 10.6 Å². The van der Waals surface area contributed by atoms with Gasteiger partial charge in [-0.3, -0.25) is 9.59 Å². The van der Waals surface area contributed by atoms with Gasteiger partial charge in [0.2, 0.25) is 0 Å². The number of hydrogen-bond acceptors (Lipinski definition) is 5. The predicted molar refractivity (Wildman–Crippen MR) is 112 cm³/mol. The van der Waals surface area contributed by atoms with E-state index in [1.807, 2.05) is 26.0 Å². The number of fused-ring (bicyclic) bond motifs is 1. The number of carbonyl (C=O) groups excluding carboxylic acids is 2. The van der Waals surface area contributed by atoms with Crippen molar-refractivity contribution in [3.63, 3.8) is 0 Å². The van der Waals surface area contributed by atoms with E-state index in [0.29, 0.717) is 22.7 Å². The van der Waals surface area contributed by atoms with E-state index in [1.54, 1.807) is 12.1 Å². The van der Waals surface area contributed by atoms with E-state index in [2.05, 4.69) is 16.7 Å². The smallest absolute Gasteiger partial charge is 0.267 e. The summed E-state index contributed by atoms with van der Waals surface area (Å²) in [6.07, 6.45) is 5.35. The number of amides is 1. The highest BCUT2D eigenvalue weighted by molar-refractivity contribution is 7.16. The molecule has 5 nitrogen and oxygen atoms in total. The number of hydrogen-bond donors (Lipinski definition) is 2. The van der Waals surface area contributed by atoms with Gasteiger partial charge in [0.1, 0.15) is 16.8 Å². The summed E-state index contributed by atoms with van der Waals surface area (Å²) in [4.78, 5) is 26.4. The minimum absolute atomic E-state index is 0.155. The molecule has 1 aliphatic carbocycles. The molecule has 1 amide bonds. The van der Waals surface area contributed by atoms with Crippen LogP contribution >= 0.6 is 11.3 Å². The molecule has 2 N–H and O–H groups in total. The lowest BCUT2D eigenvalue weighted by atomic mass is 9.96. The fourth-order valence-electron chi connectivity index (χ4n) is 3.24. The maximum absolute atomic E-state index is 12.7. The van der Waals surface area contributed by atoms with E-state index in [-0.39, 0.29) is 17.4 Å². The van der Waals surface area contributed by atoms with Gasteiger partial charge in [-0.05, 0) is 45.1 Å². The highest BCUT2D eigenvalue weighted by Gasteiger charge is 2.22. The van der Waals surface area contributed by atoms with Crippen molar-refractivity contribution in [3.05, 3.63) is 63.2 Å². The number of thiophene rings is 1. The summed E-state index contributed by atoms with van der Waals surface area (Å²) in [5.74, 6) is -0.619.